The molecule has 1 aromatic carbocycles. The minimum Gasteiger partial charge on any atom is -0.455 e. The summed E-state index contributed by atoms with van der Waals surface area (Å²) in [5.74, 6) is -1.23. The van der Waals surface area contributed by atoms with Crippen molar-refractivity contribution in [2.45, 2.75) is 50.5 Å². The van der Waals surface area contributed by atoms with Gasteiger partial charge in [-0.2, -0.15) is 4.72 Å². The monoisotopic (exact) mass is 368 g/mol. The van der Waals surface area contributed by atoms with Crippen LogP contribution in [0.2, 0.25) is 0 Å². The third-order valence-corrected chi connectivity index (χ3v) is 5.25. The van der Waals surface area contributed by atoms with E-state index >= 15 is 0 Å². The molecule has 0 radical (unpaired) electrons. The van der Waals surface area contributed by atoms with Crippen molar-refractivity contribution in [2.75, 3.05) is 13.2 Å². The lowest BCUT2D eigenvalue weighted by Crippen LogP contribution is -2.36. The van der Waals surface area contributed by atoms with Crippen LogP contribution in [0, 0.1) is 0 Å². The standard InChI is InChI=1S/C17H24N2O5S/c1-12(2)19-16(20)11-24-17(21)10-18-25(22,23)15-8-7-13-5-3-4-6-14(13)9-15/h7-9,12,18H,3-6,10-11H2,1-2H3,(H,19,20). The predicted molar refractivity (Wildman–Crippen MR) is 92.5 cm³/mol. The van der Waals surface area contributed by atoms with Gasteiger partial charge in [0.05, 0.1) is 4.90 Å². The van der Waals surface area contributed by atoms with Crippen molar-refractivity contribution in [3.8, 4) is 0 Å². The lowest BCUT2D eigenvalue weighted by Gasteiger charge is -2.16. The van der Waals surface area contributed by atoms with E-state index in [4.69, 9.17) is 4.74 Å². The zero-order chi connectivity index (χ0) is 18.4. The van der Waals surface area contributed by atoms with Crippen LogP contribution in [-0.4, -0.2) is 39.5 Å². The zero-order valence-corrected chi connectivity index (χ0v) is 15.3. The summed E-state index contributed by atoms with van der Waals surface area (Å²) in [4.78, 5) is 23.1. The minimum absolute atomic E-state index is 0.0614. The molecule has 0 unspecified atom stereocenters. The van der Waals surface area contributed by atoms with E-state index in [1.54, 1.807) is 26.0 Å². The fourth-order valence-corrected chi connectivity index (χ4v) is 3.69. The van der Waals surface area contributed by atoms with Crippen LogP contribution in [0.3, 0.4) is 0 Å². The molecule has 0 aliphatic heterocycles. The number of esters is 1. The molecular weight excluding hydrogens is 344 g/mol. The molecule has 2 N–H and O–H groups in total. The van der Waals surface area contributed by atoms with E-state index in [0.29, 0.717) is 0 Å². The Labute approximate surface area is 148 Å². The van der Waals surface area contributed by atoms with Crippen molar-refractivity contribution >= 4 is 21.9 Å². The Morgan fingerprint density at radius 2 is 1.84 bits per heavy atom. The summed E-state index contributed by atoms with van der Waals surface area (Å²) >= 11 is 0. The van der Waals surface area contributed by atoms with Gasteiger partial charge < -0.3 is 10.1 Å². The number of amides is 1. The number of hydrogen-bond acceptors (Lipinski definition) is 5. The van der Waals surface area contributed by atoms with Gasteiger partial charge in [0, 0.05) is 6.04 Å². The Hall–Kier alpha value is -1.93. The second kappa shape index (κ2) is 8.44. The zero-order valence-electron chi connectivity index (χ0n) is 14.5. The highest BCUT2D eigenvalue weighted by atomic mass is 32.2. The summed E-state index contributed by atoms with van der Waals surface area (Å²) in [6.45, 7) is 2.62. The van der Waals surface area contributed by atoms with Crippen LogP contribution in [-0.2, 0) is 37.2 Å². The van der Waals surface area contributed by atoms with Crippen molar-refractivity contribution in [3.05, 3.63) is 29.3 Å². The van der Waals surface area contributed by atoms with E-state index in [-0.39, 0.29) is 10.9 Å². The molecule has 0 atom stereocenters. The molecule has 0 saturated carbocycles. The average molecular weight is 368 g/mol. The van der Waals surface area contributed by atoms with Crippen LogP contribution < -0.4 is 10.0 Å². The van der Waals surface area contributed by atoms with E-state index in [1.165, 1.54) is 5.56 Å². The molecule has 1 aromatic rings. The molecule has 1 aliphatic carbocycles. The van der Waals surface area contributed by atoms with Gasteiger partial charge in [-0.1, -0.05) is 6.07 Å². The van der Waals surface area contributed by atoms with Gasteiger partial charge in [0.15, 0.2) is 6.61 Å². The first-order valence-electron chi connectivity index (χ1n) is 8.34. The van der Waals surface area contributed by atoms with Gasteiger partial charge in [0.1, 0.15) is 6.54 Å². The molecule has 138 valence electrons. The van der Waals surface area contributed by atoms with Crippen LogP contribution in [0.5, 0.6) is 0 Å². The average Bonchev–Trinajstić information content (AvgIpc) is 2.57. The van der Waals surface area contributed by atoms with Crippen molar-refractivity contribution in [1.82, 2.24) is 10.0 Å². The highest BCUT2D eigenvalue weighted by Crippen LogP contribution is 2.23. The second-order valence-electron chi connectivity index (χ2n) is 6.35. The van der Waals surface area contributed by atoms with E-state index in [0.717, 1.165) is 31.2 Å². The van der Waals surface area contributed by atoms with E-state index in [2.05, 4.69) is 10.0 Å². The van der Waals surface area contributed by atoms with Gasteiger partial charge >= 0.3 is 5.97 Å². The second-order valence-corrected chi connectivity index (χ2v) is 8.11. The normalized spacial score (nSPS) is 14.0. The quantitative estimate of drug-likeness (QED) is 0.697. The van der Waals surface area contributed by atoms with Crippen LogP contribution in [0.4, 0.5) is 0 Å². The first-order valence-corrected chi connectivity index (χ1v) is 9.82. The number of benzene rings is 1. The topological polar surface area (TPSA) is 102 Å². The van der Waals surface area contributed by atoms with Gasteiger partial charge in [-0.3, -0.25) is 9.59 Å². The third kappa shape index (κ3) is 5.82. The first-order chi connectivity index (χ1) is 11.8. The number of aryl methyl sites for hydroxylation is 2. The van der Waals surface area contributed by atoms with Gasteiger partial charge in [-0.05, 0) is 62.8 Å². The Morgan fingerprint density at radius 3 is 2.52 bits per heavy atom. The number of carbonyl (C=O) groups is 2. The highest BCUT2D eigenvalue weighted by molar-refractivity contribution is 7.89. The summed E-state index contributed by atoms with van der Waals surface area (Å²) in [6, 6.07) is 4.98. The fraction of sp³-hybridized carbons (Fsp3) is 0.529. The maximum absolute atomic E-state index is 12.3. The van der Waals surface area contributed by atoms with E-state index in [9.17, 15) is 18.0 Å². The maximum atomic E-state index is 12.3. The molecule has 25 heavy (non-hydrogen) atoms. The van der Waals surface area contributed by atoms with E-state index < -0.39 is 35.1 Å². The fourth-order valence-electron chi connectivity index (χ4n) is 2.67. The van der Waals surface area contributed by atoms with Crippen LogP contribution in [0.1, 0.15) is 37.8 Å². The van der Waals surface area contributed by atoms with Crippen LogP contribution in [0.15, 0.2) is 23.1 Å². The molecule has 1 aliphatic rings. The molecule has 7 nitrogen and oxygen atoms in total. The first kappa shape index (κ1) is 19.4. The number of nitrogens with one attached hydrogen (secondary N) is 2. The minimum atomic E-state index is -3.80. The van der Waals surface area contributed by atoms with Gasteiger partial charge in [0.25, 0.3) is 5.91 Å². The molecule has 8 heteroatoms. The number of rotatable bonds is 7. The largest absolute Gasteiger partial charge is 0.455 e. The highest BCUT2D eigenvalue weighted by Gasteiger charge is 2.19. The molecular formula is C17H24N2O5S. The summed E-state index contributed by atoms with van der Waals surface area (Å²) in [5, 5.41) is 2.57. The number of ether oxygens (including phenoxy) is 1. The number of sulfonamides is 1. The molecule has 0 saturated heterocycles. The molecule has 0 fully saturated rings. The third-order valence-electron chi connectivity index (χ3n) is 3.85. The summed E-state index contributed by atoms with van der Waals surface area (Å²) in [7, 11) is -3.80. The predicted octanol–water partition coefficient (Wildman–Crippen LogP) is 0.911. The van der Waals surface area contributed by atoms with Gasteiger partial charge in [0.2, 0.25) is 10.0 Å². The molecule has 0 bridgehead atoms. The van der Waals surface area contributed by atoms with Crippen molar-refractivity contribution in [3.63, 3.8) is 0 Å². The molecule has 0 aromatic heterocycles. The van der Waals surface area contributed by atoms with Crippen LogP contribution in [0.25, 0.3) is 0 Å². The van der Waals surface area contributed by atoms with Gasteiger partial charge in [-0.15, -0.1) is 0 Å². The molecule has 0 heterocycles. The number of carbonyl (C=O) groups excluding carboxylic acids is 2. The Morgan fingerprint density at radius 1 is 1.16 bits per heavy atom. The lowest BCUT2D eigenvalue weighted by atomic mass is 9.92. The van der Waals surface area contributed by atoms with E-state index in [1.807, 2.05) is 6.07 Å². The summed E-state index contributed by atoms with van der Waals surface area (Å²) < 4.78 is 31.6. The Kier molecular flexibility index (Phi) is 6.55. The number of hydrogen-bond donors (Lipinski definition) is 2. The van der Waals surface area contributed by atoms with Crippen molar-refractivity contribution in [1.29, 1.82) is 0 Å². The Balaban J connectivity index is 1.89. The van der Waals surface area contributed by atoms with Gasteiger partial charge in [-0.25, -0.2) is 8.42 Å². The SMILES string of the molecule is CC(C)NC(=O)COC(=O)CNS(=O)(=O)c1ccc2c(c1)CCCC2. The number of fused-ring (bicyclic) bond motifs is 1. The lowest BCUT2D eigenvalue weighted by molar-refractivity contribution is -0.147. The summed E-state index contributed by atoms with van der Waals surface area (Å²) in [5.41, 5.74) is 2.22. The smallest absolute Gasteiger partial charge is 0.321 e. The summed E-state index contributed by atoms with van der Waals surface area (Å²) in [6.07, 6.45) is 4.00. The van der Waals surface area contributed by atoms with Crippen molar-refractivity contribution in [2.24, 2.45) is 0 Å². The Bertz CT molecular complexity index is 743. The molecule has 0 spiro atoms. The van der Waals surface area contributed by atoms with Crippen molar-refractivity contribution < 1.29 is 22.7 Å². The molecule has 2 rings (SSSR count). The maximum Gasteiger partial charge on any atom is 0.321 e. The van der Waals surface area contributed by atoms with Crippen LogP contribution >= 0.6 is 0 Å². The molecule has 1 amide bonds.